The molecule has 5 heteroatoms. The molecule has 3 aromatic rings. The van der Waals surface area contributed by atoms with Crippen molar-refractivity contribution in [3.05, 3.63) is 46.8 Å². The maximum Gasteiger partial charge on any atom is 0.261 e. The molecule has 0 amide bonds. The summed E-state index contributed by atoms with van der Waals surface area (Å²) in [5, 5.41) is 12.0. The van der Waals surface area contributed by atoms with E-state index < -0.39 is 0 Å². The topological polar surface area (TPSA) is 58.7 Å². The number of benzene rings is 2. The van der Waals surface area contributed by atoms with Gasteiger partial charge in [-0.1, -0.05) is 36.0 Å². The largest absolute Gasteiger partial charge is 0.290 e. The van der Waals surface area contributed by atoms with Gasteiger partial charge in [-0.2, -0.15) is 5.26 Å². The van der Waals surface area contributed by atoms with Crippen molar-refractivity contribution in [3.63, 3.8) is 0 Å². The molecule has 22 heavy (non-hydrogen) atoms. The summed E-state index contributed by atoms with van der Waals surface area (Å²) in [5.41, 5.74) is 0.697. The summed E-state index contributed by atoms with van der Waals surface area (Å²) >= 11 is 1.52. The van der Waals surface area contributed by atoms with Crippen LogP contribution in [0.25, 0.3) is 21.7 Å². The minimum absolute atomic E-state index is 0.0291. The first-order valence-electron chi connectivity index (χ1n) is 7.10. The number of thioether (sulfide) groups is 1. The van der Waals surface area contributed by atoms with E-state index in [0.29, 0.717) is 17.0 Å². The fourth-order valence-corrected chi connectivity index (χ4v) is 3.29. The molecule has 4 nitrogen and oxygen atoms in total. The number of nitrogens with zero attached hydrogens (tertiary/aromatic N) is 3. The lowest BCUT2D eigenvalue weighted by molar-refractivity contribution is 0.725. The summed E-state index contributed by atoms with van der Waals surface area (Å²) in [6, 6.07) is 14.0. The molecular weight excluding hydrogens is 294 g/mol. The Hall–Kier alpha value is -2.32. The van der Waals surface area contributed by atoms with Gasteiger partial charge in [-0.25, -0.2) is 4.98 Å². The second-order valence-electron chi connectivity index (χ2n) is 5.09. The van der Waals surface area contributed by atoms with Gasteiger partial charge in [0.1, 0.15) is 0 Å². The maximum atomic E-state index is 12.5. The van der Waals surface area contributed by atoms with Gasteiger partial charge in [0.05, 0.1) is 17.0 Å². The first kappa shape index (κ1) is 14.6. The van der Waals surface area contributed by atoms with Crippen LogP contribution in [-0.4, -0.2) is 15.3 Å². The molecule has 0 fully saturated rings. The van der Waals surface area contributed by atoms with E-state index in [1.165, 1.54) is 11.8 Å². The van der Waals surface area contributed by atoms with E-state index in [1.807, 2.05) is 36.4 Å². The van der Waals surface area contributed by atoms with Crippen molar-refractivity contribution in [3.8, 4) is 6.07 Å². The van der Waals surface area contributed by atoms with Crippen LogP contribution in [0.15, 0.2) is 46.3 Å². The fourth-order valence-electron chi connectivity index (χ4n) is 2.38. The zero-order chi connectivity index (χ0) is 15.5. The SMILES string of the molecule is Cn1c(SCCCC#N)nc2cc3ccccc3cc2c1=O. The van der Waals surface area contributed by atoms with E-state index in [9.17, 15) is 4.79 Å². The van der Waals surface area contributed by atoms with Gasteiger partial charge in [0.2, 0.25) is 0 Å². The van der Waals surface area contributed by atoms with E-state index in [2.05, 4.69) is 11.1 Å². The number of unbranched alkanes of at least 4 members (excludes halogenated alkanes) is 1. The quantitative estimate of drug-likeness (QED) is 0.320. The lowest BCUT2D eigenvalue weighted by atomic mass is 10.1. The van der Waals surface area contributed by atoms with Crippen molar-refractivity contribution in [2.75, 3.05) is 5.75 Å². The molecule has 110 valence electrons. The third-order valence-corrected chi connectivity index (χ3v) is 4.68. The van der Waals surface area contributed by atoms with Gasteiger partial charge in [0.15, 0.2) is 5.16 Å². The zero-order valence-corrected chi connectivity index (χ0v) is 13.1. The average molecular weight is 309 g/mol. The van der Waals surface area contributed by atoms with Gasteiger partial charge in [-0.05, 0) is 29.3 Å². The van der Waals surface area contributed by atoms with Crippen LogP contribution in [0.1, 0.15) is 12.8 Å². The predicted octanol–water partition coefficient (Wildman–Crippen LogP) is 3.48. The Balaban J connectivity index is 2.08. The summed E-state index contributed by atoms with van der Waals surface area (Å²) in [4.78, 5) is 17.2. The Morgan fingerprint density at radius 3 is 2.73 bits per heavy atom. The molecule has 3 rings (SSSR count). The molecule has 0 atom stereocenters. The molecule has 0 unspecified atom stereocenters. The van der Waals surface area contributed by atoms with Gasteiger partial charge in [0, 0.05) is 19.2 Å². The van der Waals surface area contributed by atoms with Crippen LogP contribution in [0.5, 0.6) is 0 Å². The number of nitriles is 1. The lowest BCUT2D eigenvalue weighted by Gasteiger charge is -2.09. The number of aromatic nitrogens is 2. The fraction of sp³-hybridized carbons (Fsp3) is 0.235. The van der Waals surface area contributed by atoms with Gasteiger partial charge in [0.25, 0.3) is 5.56 Å². The highest BCUT2D eigenvalue weighted by Gasteiger charge is 2.09. The van der Waals surface area contributed by atoms with E-state index in [4.69, 9.17) is 5.26 Å². The molecule has 0 spiro atoms. The maximum absolute atomic E-state index is 12.5. The number of hydrogen-bond acceptors (Lipinski definition) is 4. The highest BCUT2D eigenvalue weighted by Crippen LogP contribution is 2.22. The summed E-state index contributed by atoms with van der Waals surface area (Å²) in [6.45, 7) is 0. The lowest BCUT2D eigenvalue weighted by Crippen LogP contribution is -2.20. The summed E-state index contributed by atoms with van der Waals surface area (Å²) < 4.78 is 1.59. The predicted molar refractivity (Wildman–Crippen MR) is 90.1 cm³/mol. The molecule has 0 aliphatic carbocycles. The molecule has 0 radical (unpaired) electrons. The smallest absolute Gasteiger partial charge is 0.261 e. The zero-order valence-electron chi connectivity index (χ0n) is 12.2. The van der Waals surface area contributed by atoms with Crippen LogP contribution < -0.4 is 5.56 Å². The molecule has 1 aromatic heterocycles. The summed E-state index contributed by atoms with van der Waals surface area (Å²) in [7, 11) is 1.75. The van der Waals surface area contributed by atoms with E-state index in [0.717, 1.165) is 28.5 Å². The molecule has 0 bridgehead atoms. The van der Waals surface area contributed by atoms with Crippen LogP contribution in [0.2, 0.25) is 0 Å². The number of hydrogen-bond donors (Lipinski definition) is 0. The van der Waals surface area contributed by atoms with E-state index in [1.54, 1.807) is 11.6 Å². The average Bonchev–Trinajstić information content (AvgIpc) is 2.54. The molecular formula is C17H15N3OS. The van der Waals surface area contributed by atoms with Crippen molar-refractivity contribution in [2.24, 2.45) is 7.05 Å². The van der Waals surface area contributed by atoms with Crippen molar-refractivity contribution >= 4 is 33.4 Å². The Labute approximate surface area is 132 Å². The van der Waals surface area contributed by atoms with Crippen molar-refractivity contribution < 1.29 is 0 Å². The normalized spacial score (nSPS) is 10.9. The first-order chi connectivity index (χ1) is 10.7. The number of fused-ring (bicyclic) bond motifs is 2. The summed E-state index contributed by atoms with van der Waals surface area (Å²) in [5.74, 6) is 0.785. The van der Waals surface area contributed by atoms with Crippen molar-refractivity contribution in [1.29, 1.82) is 5.26 Å². The standard InChI is InChI=1S/C17H15N3OS/c1-20-16(21)14-10-12-6-2-3-7-13(12)11-15(14)19-17(20)22-9-5-4-8-18/h2-3,6-7,10-11H,4-5,9H2,1H3. The molecule has 0 aliphatic heterocycles. The van der Waals surface area contributed by atoms with E-state index in [-0.39, 0.29) is 5.56 Å². The minimum atomic E-state index is -0.0291. The molecule has 0 aliphatic rings. The molecule has 1 heterocycles. The van der Waals surface area contributed by atoms with Crippen LogP contribution in [0.3, 0.4) is 0 Å². The van der Waals surface area contributed by atoms with E-state index >= 15 is 0 Å². The Morgan fingerprint density at radius 1 is 1.27 bits per heavy atom. The van der Waals surface area contributed by atoms with Gasteiger partial charge < -0.3 is 0 Å². The third kappa shape index (κ3) is 2.70. The van der Waals surface area contributed by atoms with Crippen molar-refractivity contribution in [1.82, 2.24) is 9.55 Å². The second-order valence-corrected chi connectivity index (χ2v) is 6.15. The highest BCUT2D eigenvalue weighted by molar-refractivity contribution is 7.99. The summed E-state index contributed by atoms with van der Waals surface area (Å²) in [6.07, 6.45) is 1.33. The Kier molecular flexibility index (Phi) is 4.12. The van der Waals surface area contributed by atoms with Crippen LogP contribution in [0.4, 0.5) is 0 Å². The van der Waals surface area contributed by atoms with Gasteiger partial charge in [-0.3, -0.25) is 9.36 Å². The Bertz CT molecular complexity index is 940. The van der Waals surface area contributed by atoms with Gasteiger partial charge >= 0.3 is 0 Å². The third-order valence-electron chi connectivity index (χ3n) is 3.57. The highest BCUT2D eigenvalue weighted by atomic mass is 32.2. The van der Waals surface area contributed by atoms with Crippen molar-refractivity contribution in [2.45, 2.75) is 18.0 Å². The van der Waals surface area contributed by atoms with Crippen LogP contribution >= 0.6 is 11.8 Å². The molecule has 2 aromatic carbocycles. The van der Waals surface area contributed by atoms with Crippen LogP contribution in [-0.2, 0) is 7.05 Å². The second kappa shape index (κ2) is 6.20. The van der Waals surface area contributed by atoms with Gasteiger partial charge in [-0.15, -0.1) is 0 Å². The first-order valence-corrected chi connectivity index (χ1v) is 8.08. The molecule has 0 N–H and O–H groups in total. The molecule has 0 saturated heterocycles. The monoisotopic (exact) mass is 309 g/mol. The minimum Gasteiger partial charge on any atom is -0.290 e. The molecule has 0 saturated carbocycles. The number of rotatable bonds is 4. The Morgan fingerprint density at radius 2 is 2.00 bits per heavy atom. The van der Waals surface area contributed by atoms with Crippen LogP contribution in [0, 0.1) is 11.3 Å².